The molecule has 0 aromatic heterocycles. The van der Waals surface area contributed by atoms with Crippen molar-refractivity contribution in [2.75, 3.05) is 6.61 Å². The van der Waals surface area contributed by atoms with Crippen molar-refractivity contribution in [3.8, 4) is 0 Å². The summed E-state index contributed by atoms with van der Waals surface area (Å²) in [6.07, 6.45) is 19.2. The fourth-order valence-corrected chi connectivity index (χ4v) is 2.31. The van der Waals surface area contributed by atoms with Crippen LogP contribution >= 0.6 is 0 Å². The number of unbranched alkanes of at least 4 members (excludes halogenated alkanes) is 13. The van der Waals surface area contributed by atoms with Gasteiger partial charge in [-0.3, -0.25) is 0 Å². The van der Waals surface area contributed by atoms with Crippen LogP contribution in [-0.4, -0.2) is 39.6 Å². The Kier molecular flexibility index (Phi) is 28.1. The van der Waals surface area contributed by atoms with Crippen molar-refractivity contribution >= 4 is 27.9 Å². The summed E-state index contributed by atoms with van der Waals surface area (Å²) in [4.78, 5) is 0. The Bertz CT molecular complexity index is 114. The van der Waals surface area contributed by atoms with Gasteiger partial charge in [-0.1, -0.05) is 90.4 Å². The maximum atomic E-state index is 8.64. The third-order valence-electron chi connectivity index (χ3n) is 3.51. The monoisotopic (exact) mass is 280 g/mol. The Hall–Kier alpha value is 0.960. The average Bonchev–Trinajstić information content (AvgIpc) is 2.46. The molecular weight excluding hydrogens is 243 g/mol. The van der Waals surface area contributed by atoms with Gasteiger partial charge in [-0.25, -0.2) is 0 Å². The van der Waals surface area contributed by atoms with Gasteiger partial charge in [0.25, 0.3) is 0 Å². The molecule has 2 heteroatoms. The van der Waals surface area contributed by atoms with Gasteiger partial charge in [-0.05, 0) is 6.42 Å². The molecule has 0 radical (unpaired) electrons. The minimum absolute atomic E-state index is 0.373. The van der Waals surface area contributed by atoms with Gasteiger partial charge in [0.05, 0.1) is 0 Å². The molecule has 0 rings (SSSR count). The van der Waals surface area contributed by atoms with Crippen LogP contribution in [0.5, 0.6) is 0 Å². The predicted molar refractivity (Wildman–Crippen MR) is 89.0 cm³/mol. The molecule has 0 saturated carbocycles. The molecule has 0 aromatic rings. The first kappa shape index (κ1) is 22.2. The zero-order valence-electron chi connectivity index (χ0n) is 14.1. The van der Waals surface area contributed by atoms with Crippen LogP contribution in [0.1, 0.15) is 96.8 Å². The first-order valence-electron chi connectivity index (χ1n) is 9.02. The van der Waals surface area contributed by atoms with Crippen LogP contribution in [0, 0.1) is 0 Å². The summed E-state index contributed by atoms with van der Waals surface area (Å²) in [7, 11) is 0. The van der Waals surface area contributed by atoms with Crippen LogP contribution in [0.3, 0.4) is 0 Å². The van der Waals surface area contributed by atoms with Crippen molar-refractivity contribution in [3.05, 3.63) is 0 Å². The number of hydrogen-bond donors (Lipinski definition) is 1. The van der Waals surface area contributed by atoms with Crippen molar-refractivity contribution in [1.29, 1.82) is 0 Å². The molecule has 0 heterocycles. The van der Waals surface area contributed by atoms with Gasteiger partial charge in [-0.2, -0.15) is 0 Å². The van der Waals surface area contributed by atoms with Crippen LogP contribution in [0.2, 0.25) is 4.17 Å². The van der Waals surface area contributed by atoms with Crippen LogP contribution in [0.15, 0.2) is 0 Å². The first-order chi connectivity index (χ1) is 9.41. The molecule has 0 saturated heterocycles. The predicted octanol–water partition coefficient (Wildman–Crippen LogP) is 5.66. The van der Waals surface area contributed by atoms with E-state index in [0.717, 1.165) is 6.42 Å². The van der Waals surface area contributed by atoms with Crippen LogP contribution in [-0.2, 0) is 0 Å². The summed E-state index contributed by atoms with van der Waals surface area (Å²) in [6.45, 7) is 2.65. The van der Waals surface area contributed by atoms with Crippen LogP contribution < -0.4 is 0 Å². The van der Waals surface area contributed by atoms with E-state index in [9.17, 15) is 0 Å². The van der Waals surface area contributed by atoms with Gasteiger partial charge in [0.2, 0.25) is 0 Å². The zero-order chi connectivity index (χ0) is 14.6. The molecule has 0 aromatic carbocycles. The summed E-state index contributed by atoms with van der Waals surface area (Å²) in [6, 6.07) is 0. The van der Waals surface area contributed by atoms with Gasteiger partial charge >= 0.3 is 32.1 Å². The molecule has 0 aliphatic carbocycles. The number of aliphatic hydroxyl groups excluding tert-OH is 1. The van der Waals surface area contributed by atoms with Gasteiger partial charge in [0.1, 0.15) is 0 Å². The van der Waals surface area contributed by atoms with E-state index in [1.54, 1.807) is 0 Å². The van der Waals surface area contributed by atoms with Crippen molar-refractivity contribution in [2.45, 2.75) is 101 Å². The van der Waals surface area contributed by atoms with Crippen molar-refractivity contribution in [1.82, 2.24) is 0 Å². The van der Waals surface area contributed by atoms with E-state index >= 15 is 0 Å². The van der Waals surface area contributed by atoms with E-state index in [-0.39, 0.29) is 0 Å². The SMILES string of the molecule is CCCCCCCCCCCCCCCCO.[CH3][Na]. The summed E-state index contributed by atoms with van der Waals surface area (Å²) in [5.74, 6) is 0. The molecule has 112 valence electrons. The topological polar surface area (TPSA) is 20.2 Å². The summed E-state index contributed by atoms with van der Waals surface area (Å²) >= 11 is 1.31. The number of hydrogen-bond acceptors (Lipinski definition) is 1. The molecule has 19 heavy (non-hydrogen) atoms. The normalized spacial score (nSPS) is 10.2. The maximum absolute atomic E-state index is 8.64. The second kappa shape index (κ2) is 24.0. The minimum atomic E-state index is 0.373. The van der Waals surface area contributed by atoms with E-state index in [4.69, 9.17) is 5.11 Å². The molecular formula is C17H37NaO. The Morgan fingerprint density at radius 2 is 0.789 bits per heavy atom. The van der Waals surface area contributed by atoms with E-state index < -0.39 is 0 Å². The van der Waals surface area contributed by atoms with E-state index in [1.807, 2.05) is 0 Å². The quantitative estimate of drug-likeness (QED) is 0.321. The van der Waals surface area contributed by atoms with Crippen LogP contribution in [0.25, 0.3) is 0 Å². The van der Waals surface area contributed by atoms with E-state index in [1.165, 1.54) is 111 Å². The molecule has 0 amide bonds. The fraction of sp³-hybridized carbons (Fsp3) is 1.00. The van der Waals surface area contributed by atoms with Gasteiger partial charge in [0, 0.05) is 6.61 Å². The van der Waals surface area contributed by atoms with Gasteiger partial charge in [-0.15, -0.1) is 0 Å². The second-order valence-corrected chi connectivity index (χ2v) is 5.32. The van der Waals surface area contributed by atoms with E-state index in [2.05, 4.69) is 11.1 Å². The summed E-state index contributed by atoms with van der Waals surface area (Å²) < 4.78 is 2.14. The Labute approximate surface area is 140 Å². The van der Waals surface area contributed by atoms with Crippen molar-refractivity contribution in [3.63, 3.8) is 0 Å². The molecule has 0 unspecified atom stereocenters. The third kappa shape index (κ3) is 24.4. The third-order valence-corrected chi connectivity index (χ3v) is 3.51. The van der Waals surface area contributed by atoms with Crippen molar-refractivity contribution in [2.24, 2.45) is 0 Å². The number of aliphatic hydroxyl groups is 1. The Balaban J connectivity index is 0. The summed E-state index contributed by atoms with van der Waals surface area (Å²) in [5.41, 5.74) is 0. The molecule has 0 fully saturated rings. The Morgan fingerprint density at radius 1 is 0.526 bits per heavy atom. The van der Waals surface area contributed by atoms with Crippen molar-refractivity contribution < 1.29 is 5.11 Å². The molecule has 0 atom stereocenters. The molecule has 0 aliphatic heterocycles. The zero-order valence-corrected chi connectivity index (χ0v) is 16.1. The average molecular weight is 280 g/mol. The second-order valence-electron chi connectivity index (χ2n) is 5.32. The fourth-order valence-electron chi connectivity index (χ4n) is 2.31. The Morgan fingerprint density at radius 3 is 1.05 bits per heavy atom. The molecule has 1 nitrogen and oxygen atoms in total. The first-order valence-corrected chi connectivity index (χ1v) is 11.0. The standard InChI is InChI=1S/C16H34O.CH3.Na/c1-2-3-4-5-6-7-8-9-10-11-12-13-14-15-16-17;;/h17H,2-16H2,1H3;1H3;. The number of rotatable bonds is 14. The van der Waals surface area contributed by atoms with Crippen LogP contribution in [0.4, 0.5) is 0 Å². The molecule has 0 spiro atoms. The molecule has 1 N–H and O–H groups in total. The molecule has 0 aliphatic rings. The van der Waals surface area contributed by atoms with E-state index in [0.29, 0.717) is 6.61 Å². The molecule has 0 bridgehead atoms. The van der Waals surface area contributed by atoms with Gasteiger partial charge in [0.15, 0.2) is 0 Å². The van der Waals surface area contributed by atoms with Gasteiger partial charge < -0.3 is 5.11 Å². The summed E-state index contributed by atoms with van der Waals surface area (Å²) in [5, 5.41) is 8.64.